The fourth-order valence-electron chi connectivity index (χ4n) is 3.04. The first-order valence-corrected chi connectivity index (χ1v) is 9.44. The lowest BCUT2D eigenvalue weighted by Crippen LogP contribution is -2.29. The second kappa shape index (κ2) is 9.35. The number of carbonyl (C=O) groups excluding carboxylic acids is 3. The summed E-state index contributed by atoms with van der Waals surface area (Å²) in [5.74, 6) is -2.45. The molecule has 1 aliphatic carbocycles. The van der Waals surface area contributed by atoms with E-state index in [-0.39, 0.29) is 35.3 Å². The van der Waals surface area contributed by atoms with Gasteiger partial charge in [0.15, 0.2) is 11.6 Å². The van der Waals surface area contributed by atoms with Gasteiger partial charge in [0, 0.05) is 18.4 Å². The SMILES string of the molecule is CCCCCC(=O)OC(CC=C(C)C)C1=CC(=O)c2c(O)ccc(O)c2C1=O. The summed E-state index contributed by atoms with van der Waals surface area (Å²) in [7, 11) is 0. The summed E-state index contributed by atoms with van der Waals surface area (Å²) in [4.78, 5) is 37.7. The first-order chi connectivity index (χ1) is 13.3. The third-order valence-electron chi connectivity index (χ3n) is 4.53. The van der Waals surface area contributed by atoms with Crippen molar-refractivity contribution in [2.75, 3.05) is 0 Å². The van der Waals surface area contributed by atoms with Gasteiger partial charge in [0.2, 0.25) is 0 Å². The van der Waals surface area contributed by atoms with E-state index in [9.17, 15) is 24.6 Å². The van der Waals surface area contributed by atoms with Crippen LogP contribution >= 0.6 is 0 Å². The summed E-state index contributed by atoms with van der Waals surface area (Å²) >= 11 is 0. The number of phenols is 2. The highest BCUT2D eigenvalue weighted by molar-refractivity contribution is 6.27. The van der Waals surface area contributed by atoms with Gasteiger partial charge in [-0.3, -0.25) is 14.4 Å². The Morgan fingerprint density at radius 3 is 2.36 bits per heavy atom. The van der Waals surface area contributed by atoms with Crippen LogP contribution < -0.4 is 0 Å². The Kier molecular flexibility index (Phi) is 7.15. The predicted molar refractivity (Wildman–Crippen MR) is 105 cm³/mol. The number of ketones is 2. The number of allylic oxidation sites excluding steroid dienone is 2. The number of benzene rings is 1. The van der Waals surface area contributed by atoms with E-state index in [4.69, 9.17) is 4.74 Å². The molecule has 0 fully saturated rings. The number of rotatable bonds is 8. The molecular formula is C22H26O6. The maximum Gasteiger partial charge on any atom is 0.306 e. The van der Waals surface area contributed by atoms with Crippen molar-refractivity contribution in [1.82, 2.24) is 0 Å². The topological polar surface area (TPSA) is 101 Å². The van der Waals surface area contributed by atoms with E-state index >= 15 is 0 Å². The molecule has 0 heterocycles. The van der Waals surface area contributed by atoms with Crippen LogP contribution in [0.25, 0.3) is 0 Å². The molecule has 1 aromatic carbocycles. The molecule has 6 nitrogen and oxygen atoms in total. The highest BCUT2D eigenvalue weighted by atomic mass is 16.5. The van der Waals surface area contributed by atoms with Gasteiger partial charge < -0.3 is 14.9 Å². The van der Waals surface area contributed by atoms with Crippen molar-refractivity contribution in [3.63, 3.8) is 0 Å². The summed E-state index contributed by atoms with van der Waals surface area (Å²) in [6.07, 6.45) is 5.00. The van der Waals surface area contributed by atoms with Crippen LogP contribution in [0.3, 0.4) is 0 Å². The van der Waals surface area contributed by atoms with E-state index < -0.39 is 29.4 Å². The van der Waals surface area contributed by atoms with Gasteiger partial charge in [-0.25, -0.2) is 0 Å². The van der Waals surface area contributed by atoms with E-state index in [0.717, 1.165) is 36.6 Å². The summed E-state index contributed by atoms with van der Waals surface area (Å²) in [6.45, 7) is 5.78. The fraction of sp³-hybridized carbons (Fsp3) is 0.409. The Morgan fingerprint density at radius 1 is 1.11 bits per heavy atom. The maximum absolute atomic E-state index is 13.0. The molecule has 0 saturated heterocycles. The van der Waals surface area contributed by atoms with E-state index in [1.807, 2.05) is 26.8 Å². The number of carbonyl (C=O) groups is 3. The van der Waals surface area contributed by atoms with Gasteiger partial charge in [-0.15, -0.1) is 0 Å². The van der Waals surface area contributed by atoms with Crippen LogP contribution in [0.5, 0.6) is 11.5 Å². The quantitative estimate of drug-likeness (QED) is 0.300. The van der Waals surface area contributed by atoms with Crippen molar-refractivity contribution in [3.05, 3.63) is 46.6 Å². The van der Waals surface area contributed by atoms with Gasteiger partial charge in [-0.1, -0.05) is 31.4 Å². The summed E-state index contributed by atoms with van der Waals surface area (Å²) in [6, 6.07) is 2.32. The average molecular weight is 386 g/mol. The molecular weight excluding hydrogens is 360 g/mol. The number of unbranched alkanes of at least 4 members (excludes halogenated alkanes) is 2. The Labute approximate surface area is 164 Å². The number of hydrogen-bond acceptors (Lipinski definition) is 6. The number of phenolic OH excluding ortho intramolecular Hbond substituents is 2. The van der Waals surface area contributed by atoms with Gasteiger partial charge in [-0.05, 0) is 38.5 Å². The van der Waals surface area contributed by atoms with Crippen molar-refractivity contribution in [2.24, 2.45) is 0 Å². The standard InChI is InChI=1S/C22H26O6/c1-4-5-6-7-19(26)28-18(11-8-13(2)3)14-12-17(25)20-15(23)9-10-16(24)21(20)22(14)27/h8-10,12,18,23-24H,4-7,11H2,1-3H3. The second-order valence-corrected chi connectivity index (χ2v) is 7.10. The molecule has 1 aliphatic rings. The van der Waals surface area contributed by atoms with Crippen LogP contribution in [0.4, 0.5) is 0 Å². The lowest BCUT2D eigenvalue weighted by Gasteiger charge is -2.23. The van der Waals surface area contributed by atoms with E-state index in [2.05, 4.69) is 0 Å². The molecule has 0 saturated carbocycles. The predicted octanol–water partition coefficient (Wildman–Crippen LogP) is 4.25. The molecule has 6 heteroatoms. The van der Waals surface area contributed by atoms with Gasteiger partial charge in [-0.2, -0.15) is 0 Å². The Hall–Kier alpha value is -2.89. The molecule has 1 atom stereocenters. The van der Waals surface area contributed by atoms with Crippen LogP contribution in [-0.2, 0) is 9.53 Å². The van der Waals surface area contributed by atoms with Crippen molar-refractivity contribution in [1.29, 1.82) is 0 Å². The molecule has 2 rings (SSSR count). The van der Waals surface area contributed by atoms with E-state index in [1.165, 1.54) is 0 Å². The van der Waals surface area contributed by atoms with Gasteiger partial charge in [0.25, 0.3) is 0 Å². The third kappa shape index (κ3) is 4.88. The molecule has 0 aromatic heterocycles. The molecule has 0 radical (unpaired) electrons. The van der Waals surface area contributed by atoms with Crippen LogP contribution in [0, 0.1) is 0 Å². The minimum Gasteiger partial charge on any atom is -0.507 e. The molecule has 1 unspecified atom stereocenters. The van der Waals surface area contributed by atoms with Crippen molar-refractivity contribution >= 4 is 17.5 Å². The van der Waals surface area contributed by atoms with E-state index in [1.54, 1.807) is 0 Å². The molecule has 28 heavy (non-hydrogen) atoms. The number of ether oxygens (including phenoxy) is 1. The zero-order valence-electron chi connectivity index (χ0n) is 16.4. The number of hydrogen-bond donors (Lipinski definition) is 2. The highest BCUT2D eigenvalue weighted by Crippen LogP contribution is 2.36. The minimum absolute atomic E-state index is 0.000239. The Bertz CT molecular complexity index is 843. The normalized spacial score (nSPS) is 14.2. The minimum atomic E-state index is -0.935. The van der Waals surface area contributed by atoms with Crippen LogP contribution in [0.2, 0.25) is 0 Å². The van der Waals surface area contributed by atoms with Gasteiger partial charge >= 0.3 is 5.97 Å². The lowest BCUT2D eigenvalue weighted by atomic mass is 9.85. The Morgan fingerprint density at radius 2 is 1.75 bits per heavy atom. The lowest BCUT2D eigenvalue weighted by molar-refractivity contribution is -0.147. The second-order valence-electron chi connectivity index (χ2n) is 7.10. The molecule has 2 N–H and O–H groups in total. The number of esters is 1. The van der Waals surface area contributed by atoms with Crippen LogP contribution in [-0.4, -0.2) is 33.9 Å². The smallest absolute Gasteiger partial charge is 0.306 e. The first-order valence-electron chi connectivity index (χ1n) is 9.44. The third-order valence-corrected chi connectivity index (χ3v) is 4.53. The summed E-state index contributed by atoms with van der Waals surface area (Å²) in [5.41, 5.74) is 0.485. The zero-order valence-corrected chi connectivity index (χ0v) is 16.4. The molecule has 1 aromatic rings. The van der Waals surface area contributed by atoms with Crippen LogP contribution in [0.1, 0.15) is 73.6 Å². The number of aromatic hydroxyl groups is 2. The zero-order chi connectivity index (χ0) is 20.8. The monoisotopic (exact) mass is 386 g/mol. The first kappa shape index (κ1) is 21.4. The molecule has 0 spiro atoms. The number of Topliss-reactive ketones (excluding diaryl/α,β-unsaturated/α-hetero) is 1. The Balaban J connectivity index is 2.36. The average Bonchev–Trinajstić information content (AvgIpc) is 2.63. The van der Waals surface area contributed by atoms with Gasteiger partial charge in [0.1, 0.15) is 17.6 Å². The van der Waals surface area contributed by atoms with E-state index in [0.29, 0.717) is 6.42 Å². The van der Waals surface area contributed by atoms with Crippen molar-refractivity contribution < 1.29 is 29.3 Å². The highest BCUT2D eigenvalue weighted by Gasteiger charge is 2.35. The molecule has 0 amide bonds. The molecule has 0 aliphatic heterocycles. The summed E-state index contributed by atoms with van der Waals surface area (Å²) in [5, 5.41) is 20.0. The fourth-order valence-corrected chi connectivity index (χ4v) is 3.04. The van der Waals surface area contributed by atoms with Crippen molar-refractivity contribution in [3.8, 4) is 11.5 Å². The molecule has 150 valence electrons. The summed E-state index contributed by atoms with van der Waals surface area (Å²) < 4.78 is 5.52. The van der Waals surface area contributed by atoms with Crippen LogP contribution in [0.15, 0.2) is 35.4 Å². The van der Waals surface area contributed by atoms with Gasteiger partial charge in [0.05, 0.1) is 11.1 Å². The molecule has 0 bridgehead atoms. The van der Waals surface area contributed by atoms with Crippen molar-refractivity contribution in [2.45, 2.75) is 59.0 Å². The number of fused-ring (bicyclic) bond motifs is 1. The largest absolute Gasteiger partial charge is 0.507 e. The maximum atomic E-state index is 13.0.